The van der Waals surface area contributed by atoms with Gasteiger partial charge < -0.3 is 19.9 Å². The summed E-state index contributed by atoms with van der Waals surface area (Å²) >= 11 is 0. The Morgan fingerprint density at radius 2 is 1.85 bits per heavy atom. The Morgan fingerprint density at radius 1 is 1.04 bits per heavy atom. The topological polar surface area (TPSA) is 91.4 Å². The number of benzene rings is 2. The zero-order chi connectivity index (χ0) is 18.1. The quantitative estimate of drug-likeness (QED) is 0.440. The number of aromatic hydroxyl groups is 2. The predicted molar refractivity (Wildman–Crippen MR) is 108 cm³/mol. The maximum atomic E-state index is 9.60. The van der Waals surface area contributed by atoms with E-state index in [1.165, 1.54) is 6.07 Å². The van der Waals surface area contributed by atoms with Gasteiger partial charge in [-0.2, -0.15) is 0 Å². The molecule has 4 rings (SSSR count). The largest absolute Gasteiger partial charge is 0.504 e. The Labute approximate surface area is 162 Å². The minimum absolute atomic E-state index is 0. The number of aromatic nitrogens is 2. The number of nitrogens with zero attached hydrogens (tertiary/aromatic N) is 2. The van der Waals surface area contributed by atoms with Crippen molar-refractivity contribution in [2.45, 2.75) is 19.8 Å². The van der Waals surface area contributed by atoms with Crippen molar-refractivity contribution in [1.29, 1.82) is 0 Å². The number of aryl methyl sites for hydroxylation is 1. The van der Waals surface area contributed by atoms with Crippen molar-refractivity contribution < 1.29 is 14.6 Å². The number of rotatable bonds is 5. The van der Waals surface area contributed by atoms with Gasteiger partial charge in [0.25, 0.3) is 0 Å². The first-order valence-electron chi connectivity index (χ1n) is 8.58. The zero-order valence-electron chi connectivity index (χ0n) is 14.8. The summed E-state index contributed by atoms with van der Waals surface area (Å²) in [5.41, 5.74) is 3.17. The van der Waals surface area contributed by atoms with Gasteiger partial charge in [-0.05, 0) is 36.2 Å². The van der Waals surface area contributed by atoms with E-state index in [0.717, 1.165) is 34.3 Å². The minimum atomic E-state index is -0.117. The smallest absolute Gasteiger partial charge is 0.196 e. The normalized spacial score (nSPS) is 10.9. The minimum Gasteiger partial charge on any atom is -0.504 e. The highest BCUT2D eigenvalue weighted by Gasteiger charge is 2.15. The average Bonchev–Trinajstić information content (AvgIpc) is 3.03. The summed E-state index contributed by atoms with van der Waals surface area (Å²) in [4.78, 5) is 9.20. The van der Waals surface area contributed by atoms with E-state index in [0.29, 0.717) is 24.4 Å². The Hall–Kier alpha value is -2.99. The second kappa shape index (κ2) is 7.72. The molecule has 0 aliphatic rings. The second-order valence-electron chi connectivity index (χ2n) is 6.12. The Kier molecular flexibility index (Phi) is 5.37. The van der Waals surface area contributed by atoms with E-state index in [1.54, 1.807) is 12.1 Å². The molecule has 0 aliphatic carbocycles. The molecule has 0 atom stereocenters. The van der Waals surface area contributed by atoms with Crippen molar-refractivity contribution in [3.8, 4) is 11.5 Å². The maximum absolute atomic E-state index is 9.60. The van der Waals surface area contributed by atoms with E-state index in [2.05, 4.69) is 15.3 Å². The molecule has 0 spiro atoms. The molecule has 0 unspecified atom stereocenters. The van der Waals surface area contributed by atoms with Crippen LogP contribution < -0.4 is 5.32 Å². The maximum Gasteiger partial charge on any atom is 0.196 e. The number of hydrogen-bond acceptors (Lipinski definition) is 6. The van der Waals surface area contributed by atoms with Crippen LogP contribution in [0.1, 0.15) is 18.3 Å². The molecule has 2 aromatic heterocycles. The molecule has 6 nitrogen and oxygen atoms in total. The number of halogens is 1. The van der Waals surface area contributed by atoms with Crippen molar-refractivity contribution in [2.24, 2.45) is 0 Å². The molecular weight excluding hydrogens is 366 g/mol. The molecule has 0 saturated heterocycles. The molecule has 4 aromatic rings. The number of hydrogen-bond donors (Lipinski definition) is 3. The molecule has 2 aromatic carbocycles. The third-order valence-electron chi connectivity index (χ3n) is 4.33. The molecule has 0 aliphatic heterocycles. The highest BCUT2D eigenvalue weighted by atomic mass is 35.5. The van der Waals surface area contributed by atoms with Crippen LogP contribution in [0.4, 0.5) is 5.82 Å². The second-order valence-corrected chi connectivity index (χ2v) is 6.12. The van der Waals surface area contributed by atoms with E-state index in [9.17, 15) is 10.2 Å². The molecule has 27 heavy (non-hydrogen) atoms. The summed E-state index contributed by atoms with van der Waals surface area (Å²) in [5, 5.41) is 23.3. The molecule has 3 N–H and O–H groups in total. The summed E-state index contributed by atoms with van der Waals surface area (Å²) in [6.07, 6.45) is 1.40. The van der Waals surface area contributed by atoms with Gasteiger partial charge in [0.05, 0.1) is 0 Å². The van der Waals surface area contributed by atoms with Gasteiger partial charge in [-0.1, -0.05) is 25.1 Å². The van der Waals surface area contributed by atoms with E-state index < -0.39 is 0 Å². The van der Waals surface area contributed by atoms with Crippen molar-refractivity contribution in [3.63, 3.8) is 0 Å². The van der Waals surface area contributed by atoms with Crippen molar-refractivity contribution in [3.05, 3.63) is 53.9 Å². The van der Waals surface area contributed by atoms with Gasteiger partial charge >= 0.3 is 0 Å². The average molecular weight is 386 g/mol. The van der Waals surface area contributed by atoms with Crippen LogP contribution in [0.3, 0.4) is 0 Å². The number of phenols is 2. The van der Waals surface area contributed by atoms with Gasteiger partial charge in [0.2, 0.25) is 0 Å². The fraction of sp³-hybridized carbons (Fsp3) is 0.200. The summed E-state index contributed by atoms with van der Waals surface area (Å²) in [7, 11) is 0. The van der Waals surface area contributed by atoms with Crippen LogP contribution >= 0.6 is 12.4 Å². The lowest BCUT2D eigenvalue weighted by atomic mass is 10.1. The Morgan fingerprint density at radius 3 is 2.63 bits per heavy atom. The molecule has 0 amide bonds. The predicted octanol–water partition coefficient (Wildman–Crippen LogP) is 4.43. The fourth-order valence-corrected chi connectivity index (χ4v) is 2.96. The van der Waals surface area contributed by atoms with Crippen LogP contribution in [0.15, 0.2) is 46.9 Å². The SMILES string of the molecule is CCc1nc(NCCc2ccc(O)c(O)c2)c2oc3ccccc3c2n1.Cl. The number of fused-ring (bicyclic) bond motifs is 3. The lowest BCUT2D eigenvalue weighted by molar-refractivity contribution is 0.403. The number of para-hydroxylation sites is 1. The third kappa shape index (κ3) is 3.61. The van der Waals surface area contributed by atoms with Crippen LogP contribution in [-0.4, -0.2) is 26.7 Å². The monoisotopic (exact) mass is 385 g/mol. The number of nitrogens with one attached hydrogen (secondary N) is 1. The summed E-state index contributed by atoms with van der Waals surface area (Å²) in [5.74, 6) is 1.20. The fourth-order valence-electron chi connectivity index (χ4n) is 2.96. The highest BCUT2D eigenvalue weighted by Crippen LogP contribution is 2.31. The van der Waals surface area contributed by atoms with Crippen molar-refractivity contribution in [1.82, 2.24) is 9.97 Å². The van der Waals surface area contributed by atoms with Crippen molar-refractivity contribution in [2.75, 3.05) is 11.9 Å². The van der Waals surface area contributed by atoms with Gasteiger partial charge in [-0.3, -0.25) is 0 Å². The number of anilines is 1. The lowest BCUT2D eigenvalue weighted by Gasteiger charge is -2.08. The molecular formula is C20H20ClN3O3. The lowest BCUT2D eigenvalue weighted by Crippen LogP contribution is -2.08. The first kappa shape index (κ1) is 18.8. The summed E-state index contributed by atoms with van der Waals surface area (Å²) in [6.45, 7) is 2.63. The van der Waals surface area contributed by atoms with E-state index in [4.69, 9.17) is 4.42 Å². The van der Waals surface area contributed by atoms with Gasteiger partial charge in [0.15, 0.2) is 22.9 Å². The first-order valence-corrected chi connectivity index (χ1v) is 8.58. The van der Waals surface area contributed by atoms with Crippen LogP contribution in [0.25, 0.3) is 22.1 Å². The molecule has 0 bridgehead atoms. The Balaban J connectivity index is 0.00000210. The summed E-state index contributed by atoms with van der Waals surface area (Å²) in [6, 6.07) is 12.7. The van der Waals surface area contributed by atoms with Crippen LogP contribution in [-0.2, 0) is 12.8 Å². The molecule has 0 radical (unpaired) electrons. The van der Waals surface area contributed by atoms with E-state index >= 15 is 0 Å². The molecule has 140 valence electrons. The summed E-state index contributed by atoms with van der Waals surface area (Å²) < 4.78 is 5.96. The van der Waals surface area contributed by atoms with Gasteiger partial charge in [0.1, 0.15) is 16.9 Å². The number of phenolic OH excluding ortho intramolecular Hbond substituents is 2. The molecule has 0 fully saturated rings. The highest BCUT2D eigenvalue weighted by molar-refractivity contribution is 6.05. The van der Waals surface area contributed by atoms with Gasteiger partial charge in [-0.15, -0.1) is 12.4 Å². The van der Waals surface area contributed by atoms with Crippen LogP contribution in [0, 0.1) is 0 Å². The van der Waals surface area contributed by atoms with Crippen LogP contribution in [0.5, 0.6) is 11.5 Å². The number of furan rings is 1. The van der Waals surface area contributed by atoms with Crippen molar-refractivity contribution >= 4 is 40.3 Å². The zero-order valence-corrected chi connectivity index (χ0v) is 15.6. The Bertz CT molecular complexity index is 1090. The molecule has 7 heteroatoms. The van der Waals surface area contributed by atoms with Crippen LogP contribution in [0.2, 0.25) is 0 Å². The van der Waals surface area contributed by atoms with Gasteiger partial charge in [-0.25, -0.2) is 9.97 Å². The van der Waals surface area contributed by atoms with Gasteiger partial charge in [0, 0.05) is 18.4 Å². The third-order valence-corrected chi connectivity index (χ3v) is 4.33. The first-order chi connectivity index (χ1) is 12.7. The molecule has 0 saturated carbocycles. The van der Waals surface area contributed by atoms with E-state index in [-0.39, 0.29) is 23.9 Å². The van der Waals surface area contributed by atoms with E-state index in [1.807, 2.05) is 31.2 Å². The standard InChI is InChI=1S/C20H19N3O3.ClH/c1-2-17-22-18-13-5-3-4-6-16(13)26-19(18)20(23-17)21-10-9-12-7-8-14(24)15(25)11-12;/h3-8,11,24-25H,2,9-10H2,1H3,(H,21,22,23);1H. The molecule has 2 heterocycles.